The molecule has 0 aromatic heterocycles. The fourth-order valence-electron chi connectivity index (χ4n) is 4.86. The van der Waals surface area contributed by atoms with Crippen LogP contribution in [0.5, 0.6) is 0 Å². The van der Waals surface area contributed by atoms with Gasteiger partial charge in [0, 0.05) is 17.0 Å². The molecule has 28 heavy (non-hydrogen) atoms. The van der Waals surface area contributed by atoms with Crippen LogP contribution >= 0.6 is 0 Å². The SMILES string of the molecule is Cc1ccc(C(=O)COC(=O)[C@@H]2[C@@H]3CC[C@H](C3)[C@@H]2C(=O)c2ccccc2)cc1. The molecule has 4 nitrogen and oxygen atoms in total. The Hall–Kier alpha value is -2.75. The van der Waals surface area contributed by atoms with Crippen LogP contribution in [0.15, 0.2) is 54.6 Å². The Kier molecular flexibility index (Phi) is 5.12. The predicted octanol–water partition coefficient (Wildman–Crippen LogP) is 4.27. The lowest BCUT2D eigenvalue weighted by molar-refractivity contribution is -0.150. The van der Waals surface area contributed by atoms with E-state index in [2.05, 4.69) is 0 Å². The number of hydrogen-bond acceptors (Lipinski definition) is 4. The topological polar surface area (TPSA) is 60.4 Å². The van der Waals surface area contributed by atoms with Crippen molar-refractivity contribution >= 4 is 17.5 Å². The number of aryl methyl sites for hydroxylation is 1. The Balaban J connectivity index is 1.45. The van der Waals surface area contributed by atoms with Crippen molar-refractivity contribution in [2.45, 2.75) is 26.2 Å². The summed E-state index contributed by atoms with van der Waals surface area (Å²) in [5.74, 6) is -0.933. The molecule has 4 atom stereocenters. The fourth-order valence-corrected chi connectivity index (χ4v) is 4.86. The number of fused-ring (bicyclic) bond motifs is 2. The van der Waals surface area contributed by atoms with Crippen LogP contribution < -0.4 is 0 Å². The number of benzene rings is 2. The number of ketones is 2. The Bertz CT molecular complexity index is 885. The second kappa shape index (κ2) is 7.70. The van der Waals surface area contributed by atoms with Crippen LogP contribution in [0.2, 0.25) is 0 Å². The Labute approximate surface area is 164 Å². The zero-order valence-electron chi connectivity index (χ0n) is 16.0. The van der Waals surface area contributed by atoms with E-state index in [-0.39, 0.29) is 35.9 Å². The first-order valence-electron chi connectivity index (χ1n) is 9.90. The van der Waals surface area contributed by atoms with Gasteiger partial charge in [-0.05, 0) is 38.0 Å². The molecule has 0 heterocycles. The molecule has 2 aromatic carbocycles. The highest BCUT2D eigenvalue weighted by Crippen LogP contribution is 2.53. The molecule has 0 radical (unpaired) electrons. The largest absolute Gasteiger partial charge is 0.457 e. The maximum atomic E-state index is 13.1. The van der Waals surface area contributed by atoms with Gasteiger partial charge in [0.2, 0.25) is 0 Å². The summed E-state index contributed by atoms with van der Waals surface area (Å²) < 4.78 is 5.40. The number of hydrogen-bond donors (Lipinski definition) is 0. The minimum Gasteiger partial charge on any atom is -0.457 e. The van der Waals surface area contributed by atoms with E-state index in [9.17, 15) is 14.4 Å². The molecule has 4 heteroatoms. The van der Waals surface area contributed by atoms with Crippen molar-refractivity contribution in [1.29, 1.82) is 0 Å². The quantitative estimate of drug-likeness (QED) is 0.558. The van der Waals surface area contributed by atoms with Crippen LogP contribution in [0, 0.1) is 30.6 Å². The van der Waals surface area contributed by atoms with E-state index in [4.69, 9.17) is 4.74 Å². The van der Waals surface area contributed by atoms with E-state index in [1.807, 2.05) is 37.3 Å². The Morgan fingerprint density at radius 1 is 0.857 bits per heavy atom. The lowest BCUT2D eigenvalue weighted by Crippen LogP contribution is -2.36. The molecular weight excluding hydrogens is 352 g/mol. The van der Waals surface area contributed by atoms with Crippen LogP contribution in [0.25, 0.3) is 0 Å². The highest BCUT2D eigenvalue weighted by molar-refractivity contribution is 6.01. The summed E-state index contributed by atoms with van der Waals surface area (Å²) in [6, 6.07) is 16.4. The summed E-state index contributed by atoms with van der Waals surface area (Å²) in [6.45, 7) is 1.68. The van der Waals surface area contributed by atoms with E-state index in [0.717, 1.165) is 24.8 Å². The molecule has 2 fully saturated rings. The number of rotatable bonds is 6. The van der Waals surface area contributed by atoms with Gasteiger partial charge < -0.3 is 4.74 Å². The molecule has 0 saturated heterocycles. The van der Waals surface area contributed by atoms with E-state index in [1.165, 1.54) is 0 Å². The van der Waals surface area contributed by atoms with Crippen LogP contribution in [0.3, 0.4) is 0 Å². The number of carbonyl (C=O) groups is 3. The standard InChI is InChI=1S/C24H24O4/c1-15-7-9-16(10-8-15)20(25)14-28-24(27)22-19-12-11-18(13-19)21(22)23(26)17-5-3-2-4-6-17/h2-10,18-19,21-22H,11-14H2,1H3/t18-,19-,21+,22-/m1/s1. The van der Waals surface area contributed by atoms with Crippen LogP contribution in [-0.4, -0.2) is 24.1 Å². The average molecular weight is 376 g/mol. The molecule has 2 bridgehead atoms. The van der Waals surface area contributed by atoms with Crippen molar-refractivity contribution in [2.75, 3.05) is 6.61 Å². The van der Waals surface area contributed by atoms with Gasteiger partial charge >= 0.3 is 5.97 Å². The third-order valence-electron chi connectivity index (χ3n) is 6.27. The van der Waals surface area contributed by atoms with Crippen LogP contribution in [0.4, 0.5) is 0 Å². The third kappa shape index (κ3) is 3.51. The van der Waals surface area contributed by atoms with Gasteiger partial charge in [-0.25, -0.2) is 0 Å². The molecule has 0 unspecified atom stereocenters. The molecule has 0 amide bonds. The minimum atomic E-state index is -0.433. The van der Waals surface area contributed by atoms with E-state index in [1.54, 1.807) is 24.3 Å². The molecule has 2 aliphatic carbocycles. The van der Waals surface area contributed by atoms with Gasteiger partial charge in [0.15, 0.2) is 18.2 Å². The van der Waals surface area contributed by atoms with E-state index >= 15 is 0 Å². The van der Waals surface area contributed by atoms with Gasteiger partial charge in [0.1, 0.15) is 0 Å². The van der Waals surface area contributed by atoms with Gasteiger partial charge in [-0.15, -0.1) is 0 Å². The molecule has 144 valence electrons. The maximum Gasteiger partial charge on any atom is 0.310 e. The Morgan fingerprint density at radius 3 is 2.18 bits per heavy atom. The van der Waals surface area contributed by atoms with Gasteiger partial charge in [0.05, 0.1) is 5.92 Å². The molecule has 0 aliphatic heterocycles. The van der Waals surface area contributed by atoms with Crippen LogP contribution in [-0.2, 0) is 9.53 Å². The van der Waals surface area contributed by atoms with Crippen molar-refractivity contribution in [2.24, 2.45) is 23.7 Å². The monoisotopic (exact) mass is 376 g/mol. The third-order valence-corrected chi connectivity index (χ3v) is 6.27. The Morgan fingerprint density at radius 2 is 1.50 bits per heavy atom. The summed E-state index contributed by atoms with van der Waals surface area (Å²) in [6.07, 6.45) is 2.84. The number of ether oxygens (including phenoxy) is 1. The predicted molar refractivity (Wildman–Crippen MR) is 105 cm³/mol. The minimum absolute atomic E-state index is 0.0274. The first-order valence-corrected chi connectivity index (χ1v) is 9.90. The smallest absolute Gasteiger partial charge is 0.310 e. The van der Waals surface area contributed by atoms with Crippen molar-refractivity contribution in [1.82, 2.24) is 0 Å². The van der Waals surface area contributed by atoms with Crippen LogP contribution in [0.1, 0.15) is 45.5 Å². The van der Waals surface area contributed by atoms with Crippen molar-refractivity contribution in [3.8, 4) is 0 Å². The molecule has 2 aromatic rings. The highest BCUT2D eigenvalue weighted by Gasteiger charge is 2.54. The normalized spacial score (nSPS) is 25.5. The first kappa shape index (κ1) is 18.6. The summed E-state index contributed by atoms with van der Waals surface area (Å²) in [5.41, 5.74) is 2.25. The second-order valence-electron chi connectivity index (χ2n) is 8.01. The maximum absolute atomic E-state index is 13.1. The summed E-state index contributed by atoms with van der Waals surface area (Å²) >= 11 is 0. The van der Waals surface area contributed by atoms with Gasteiger partial charge in [0.25, 0.3) is 0 Å². The molecule has 0 N–H and O–H groups in total. The van der Waals surface area contributed by atoms with Crippen molar-refractivity contribution in [3.05, 3.63) is 71.3 Å². The molecular formula is C24H24O4. The van der Waals surface area contributed by atoms with Crippen molar-refractivity contribution < 1.29 is 19.1 Å². The molecule has 2 aliphatic rings. The summed E-state index contributed by atoms with van der Waals surface area (Å²) in [4.78, 5) is 38.2. The number of Topliss-reactive ketones (excluding diaryl/α,β-unsaturated/α-hetero) is 2. The zero-order chi connectivity index (χ0) is 19.7. The lowest BCUT2D eigenvalue weighted by atomic mass is 9.75. The van der Waals surface area contributed by atoms with E-state index in [0.29, 0.717) is 11.1 Å². The fraction of sp³-hybridized carbons (Fsp3) is 0.375. The van der Waals surface area contributed by atoms with Gasteiger partial charge in [-0.2, -0.15) is 0 Å². The summed E-state index contributed by atoms with van der Waals surface area (Å²) in [7, 11) is 0. The van der Waals surface area contributed by atoms with Crippen molar-refractivity contribution in [3.63, 3.8) is 0 Å². The second-order valence-corrected chi connectivity index (χ2v) is 8.01. The zero-order valence-corrected chi connectivity index (χ0v) is 16.0. The first-order chi connectivity index (χ1) is 13.5. The van der Waals surface area contributed by atoms with E-state index < -0.39 is 11.9 Å². The number of carbonyl (C=O) groups excluding carboxylic acids is 3. The number of esters is 1. The lowest BCUT2D eigenvalue weighted by Gasteiger charge is -2.28. The molecule has 4 rings (SSSR count). The molecule has 2 saturated carbocycles. The van der Waals surface area contributed by atoms with Gasteiger partial charge in [-0.3, -0.25) is 14.4 Å². The molecule has 0 spiro atoms. The average Bonchev–Trinajstić information content (AvgIpc) is 3.34. The highest BCUT2D eigenvalue weighted by atomic mass is 16.5. The summed E-state index contributed by atoms with van der Waals surface area (Å²) in [5, 5.41) is 0. The van der Waals surface area contributed by atoms with Gasteiger partial charge in [-0.1, -0.05) is 60.2 Å².